The van der Waals surface area contributed by atoms with Gasteiger partial charge in [-0.15, -0.1) is 0 Å². The lowest BCUT2D eigenvalue weighted by atomic mass is 10.0. The molecule has 3 aromatic rings. The van der Waals surface area contributed by atoms with Gasteiger partial charge in [-0.05, 0) is 42.0 Å². The van der Waals surface area contributed by atoms with Gasteiger partial charge in [-0.1, -0.05) is 30.3 Å². The Labute approximate surface area is 248 Å². The zero-order valence-electron chi connectivity index (χ0n) is 23.6. The van der Waals surface area contributed by atoms with Gasteiger partial charge in [0.15, 0.2) is 0 Å². The molecule has 3 amide bonds. The van der Waals surface area contributed by atoms with Gasteiger partial charge in [0.25, 0.3) is 5.69 Å². The maximum absolute atomic E-state index is 13.5. The highest BCUT2D eigenvalue weighted by molar-refractivity contribution is 7.89. The Kier molecular flexibility index (Phi) is 9.73. The number of nitro groups is 1. The Morgan fingerprint density at radius 1 is 1.02 bits per heavy atom. The van der Waals surface area contributed by atoms with Crippen LogP contribution in [-0.2, 0) is 30.8 Å². The van der Waals surface area contributed by atoms with Crippen molar-refractivity contribution in [2.45, 2.75) is 17.4 Å². The number of anilines is 1. The number of nitrogens with zero attached hydrogens (tertiary/aromatic N) is 4. The number of nitrogens with one attached hydrogen (secondary N) is 1. The van der Waals surface area contributed by atoms with Crippen LogP contribution in [0.1, 0.15) is 5.56 Å². The summed E-state index contributed by atoms with van der Waals surface area (Å²) in [5.41, 5.74) is 1.16. The smallest absolute Gasteiger partial charge is 0.269 e. The first-order valence-corrected chi connectivity index (χ1v) is 14.7. The summed E-state index contributed by atoms with van der Waals surface area (Å²) >= 11 is 0. The number of piperazine rings is 1. The van der Waals surface area contributed by atoms with Crippen LogP contribution in [0.25, 0.3) is 0 Å². The molecule has 0 aliphatic carbocycles. The molecular weight excluding hydrogens is 578 g/mol. The van der Waals surface area contributed by atoms with Crippen LogP contribution in [0.4, 0.5) is 11.4 Å². The second-order valence-electron chi connectivity index (χ2n) is 9.81. The number of sulfonamides is 1. The highest BCUT2D eigenvalue weighted by Gasteiger charge is 2.34. The van der Waals surface area contributed by atoms with Crippen molar-refractivity contribution in [1.29, 1.82) is 0 Å². The van der Waals surface area contributed by atoms with E-state index in [-0.39, 0.29) is 42.5 Å². The van der Waals surface area contributed by atoms with Gasteiger partial charge in [0, 0.05) is 44.4 Å². The summed E-state index contributed by atoms with van der Waals surface area (Å²) in [6.45, 7) is -0.999. The predicted molar refractivity (Wildman–Crippen MR) is 157 cm³/mol. The first-order valence-electron chi connectivity index (χ1n) is 13.3. The van der Waals surface area contributed by atoms with Crippen molar-refractivity contribution in [2.75, 3.05) is 45.2 Å². The van der Waals surface area contributed by atoms with Crippen molar-refractivity contribution in [2.24, 2.45) is 0 Å². The Hall–Kier alpha value is -4.82. The average molecular weight is 610 g/mol. The molecule has 1 aliphatic heterocycles. The maximum Gasteiger partial charge on any atom is 0.269 e. The van der Waals surface area contributed by atoms with Crippen molar-refractivity contribution in [3.63, 3.8) is 0 Å². The number of non-ortho nitro benzene ring substituents is 1. The summed E-state index contributed by atoms with van der Waals surface area (Å²) < 4.78 is 32.2. The molecule has 1 N–H and O–H groups in total. The van der Waals surface area contributed by atoms with E-state index in [9.17, 15) is 32.9 Å². The number of carbonyl (C=O) groups excluding carboxylic acids is 3. The number of ether oxygens (including phenoxy) is 1. The van der Waals surface area contributed by atoms with E-state index in [0.29, 0.717) is 11.4 Å². The summed E-state index contributed by atoms with van der Waals surface area (Å²) in [7, 11) is -0.951. The zero-order valence-corrected chi connectivity index (χ0v) is 24.4. The van der Waals surface area contributed by atoms with Crippen molar-refractivity contribution < 1.29 is 32.5 Å². The van der Waals surface area contributed by atoms with Crippen LogP contribution in [0.3, 0.4) is 0 Å². The third-order valence-corrected chi connectivity index (χ3v) is 8.87. The minimum atomic E-state index is -4.09. The van der Waals surface area contributed by atoms with E-state index >= 15 is 0 Å². The number of carbonyl (C=O) groups is 3. The van der Waals surface area contributed by atoms with Crippen LogP contribution < -0.4 is 15.0 Å². The van der Waals surface area contributed by atoms with Crippen LogP contribution >= 0.6 is 0 Å². The highest BCUT2D eigenvalue weighted by atomic mass is 32.2. The third-order valence-electron chi connectivity index (χ3n) is 7.01. The van der Waals surface area contributed by atoms with Gasteiger partial charge in [0.1, 0.15) is 11.8 Å². The van der Waals surface area contributed by atoms with Crippen LogP contribution in [0.2, 0.25) is 0 Å². The van der Waals surface area contributed by atoms with E-state index in [1.807, 2.05) is 30.3 Å². The van der Waals surface area contributed by atoms with E-state index in [1.165, 1.54) is 16.9 Å². The molecular formula is C29H31N5O8S. The normalized spacial score (nSPS) is 14.6. The molecule has 43 heavy (non-hydrogen) atoms. The molecule has 1 fully saturated rings. The van der Waals surface area contributed by atoms with Gasteiger partial charge in [-0.25, -0.2) is 8.42 Å². The number of nitro benzene ring substituents is 1. The first-order chi connectivity index (χ1) is 20.5. The molecule has 0 bridgehead atoms. The molecule has 3 aromatic carbocycles. The molecule has 1 aliphatic rings. The Morgan fingerprint density at radius 2 is 1.67 bits per heavy atom. The highest BCUT2D eigenvalue weighted by Crippen LogP contribution is 2.22. The van der Waals surface area contributed by atoms with Gasteiger partial charge in [0.05, 0.1) is 30.0 Å². The van der Waals surface area contributed by atoms with E-state index in [4.69, 9.17) is 4.74 Å². The minimum Gasteiger partial charge on any atom is -0.497 e. The van der Waals surface area contributed by atoms with Crippen molar-refractivity contribution >= 4 is 39.1 Å². The molecule has 0 aromatic heterocycles. The fraction of sp³-hybridized carbons (Fsp3) is 0.276. The number of rotatable bonds is 11. The molecule has 13 nitrogen and oxygen atoms in total. The second-order valence-corrected chi connectivity index (χ2v) is 11.7. The topological polar surface area (TPSA) is 159 Å². The number of hydrogen-bond donors (Lipinski definition) is 1. The Bertz CT molecular complexity index is 1580. The molecule has 226 valence electrons. The fourth-order valence-corrected chi connectivity index (χ4v) is 5.96. The minimum absolute atomic E-state index is 0.0541. The number of benzene rings is 3. The summed E-state index contributed by atoms with van der Waals surface area (Å²) in [4.78, 5) is 52.2. The number of likely N-dealkylation sites (N-methyl/N-ethyl adjacent to an activating group) is 1. The van der Waals surface area contributed by atoms with Gasteiger partial charge >= 0.3 is 0 Å². The van der Waals surface area contributed by atoms with E-state index < -0.39 is 39.3 Å². The lowest BCUT2D eigenvalue weighted by molar-refractivity contribution is -0.384. The summed E-state index contributed by atoms with van der Waals surface area (Å²) in [5, 5.41) is 13.6. The summed E-state index contributed by atoms with van der Waals surface area (Å²) in [6, 6.07) is 19.5. The largest absolute Gasteiger partial charge is 0.497 e. The number of methoxy groups -OCH3 is 1. The Balaban J connectivity index is 1.42. The quantitative estimate of drug-likeness (QED) is 0.255. The fourth-order valence-electron chi connectivity index (χ4n) is 4.58. The average Bonchev–Trinajstić information content (AvgIpc) is 3.01. The maximum atomic E-state index is 13.5. The van der Waals surface area contributed by atoms with Gasteiger partial charge in [-0.2, -0.15) is 4.31 Å². The van der Waals surface area contributed by atoms with Crippen molar-refractivity contribution in [1.82, 2.24) is 14.5 Å². The van der Waals surface area contributed by atoms with Crippen molar-refractivity contribution in [3.8, 4) is 5.75 Å². The number of hydrogen-bond acceptors (Lipinski definition) is 8. The monoisotopic (exact) mass is 609 g/mol. The third kappa shape index (κ3) is 7.53. The van der Waals surface area contributed by atoms with Gasteiger partial charge in [-0.3, -0.25) is 24.5 Å². The number of amides is 3. The molecule has 4 rings (SSSR count). The van der Waals surface area contributed by atoms with E-state index in [2.05, 4.69) is 5.32 Å². The molecule has 1 unspecified atom stereocenters. The van der Waals surface area contributed by atoms with Gasteiger partial charge < -0.3 is 19.9 Å². The van der Waals surface area contributed by atoms with Crippen LogP contribution in [0, 0.1) is 10.1 Å². The summed E-state index contributed by atoms with van der Waals surface area (Å²) in [6.07, 6.45) is 0.209. The zero-order chi connectivity index (χ0) is 31.1. The standard InChI is InChI=1S/C29H31N5O8S/c1-31(22-8-12-24(42-2)13-9-22)29(37)26(18-21-6-4-3-5-7-21)30-27(35)19-32-16-17-33(20-28(32)36)43(40,41)25-14-10-23(11-15-25)34(38)39/h3-15,26H,16-20H2,1-2H3,(H,30,35). The van der Waals surface area contributed by atoms with Crippen molar-refractivity contribution in [3.05, 3.63) is 94.5 Å². The van der Waals surface area contributed by atoms with E-state index in [1.54, 1.807) is 31.3 Å². The Morgan fingerprint density at radius 3 is 2.26 bits per heavy atom. The lowest BCUT2D eigenvalue weighted by Gasteiger charge is -2.33. The molecule has 1 saturated heterocycles. The molecule has 0 spiro atoms. The molecule has 1 atom stereocenters. The lowest BCUT2D eigenvalue weighted by Crippen LogP contribution is -2.56. The van der Waals surface area contributed by atoms with Crippen LogP contribution in [0.5, 0.6) is 5.75 Å². The van der Waals surface area contributed by atoms with Gasteiger partial charge in [0.2, 0.25) is 27.7 Å². The first kappa shape index (κ1) is 31.1. The SMILES string of the molecule is COc1ccc(N(C)C(=O)C(Cc2ccccc2)NC(=O)CN2CCN(S(=O)(=O)c3ccc([N+](=O)[O-])cc3)CC2=O)cc1. The molecule has 0 radical (unpaired) electrons. The molecule has 14 heteroatoms. The van der Waals surface area contributed by atoms with Crippen LogP contribution in [-0.4, -0.2) is 86.6 Å². The van der Waals surface area contributed by atoms with E-state index in [0.717, 1.165) is 34.1 Å². The summed E-state index contributed by atoms with van der Waals surface area (Å²) in [5.74, 6) is -0.901. The molecule has 1 heterocycles. The van der Waals surface area contributed by atoms with Crippen LogP contribution in [0.15, 0.2) is 83.8 Å². The second kappa shape index (κ2) is 13.4. The predicted octanol–water partition coefficient (Wildman–Crippen LogP) is 1.83. The molecule has 0 saturated carbocycles.